The zero-order valence-corrected chi connectivity index (χ0v) is 54.5. The molecule has 3 aliphatic rings. The molecule has 0 saturated carbocycles. The summed E-state index contributed by atoms with van der Waals surface area (Å²) in [5.74, 6) is -0.262. The Bertz CT molecular complexity index is 2630. The lowest BCUT2D eigenvalue weighted by Crippen LogP contribution is -2.31. The van der Waals surface area contributed by atoms with Crippen LogP contribution in [0.15, 0.2) is 82.4 Å². The number of rotatable bonds is 37. The molecule has 4 aromatic carbocycles. The van der Waals surface area contributed by atoms with Crippen molar-refractivity contribution in [1.29, 1.82) is 0 Å². The summed E-state index contributed by atoms with van der Waals surface area (Å²) >= 11 is 0. The monoisotopic (exact) mass is 1140 g/mol. The van der Waals surface area contributed by atoms with Gasteiger partial charge >= 0.3 is 11.9 Å². The summed E-state index contributed by atoms with van der Waals surface area (Å²) in [7, 11) is 0. The molecule has 0 saturated heterocycles. The van der Waals surface area contributed by atoms with Crippen LogP contribution in [0.25, 0.3) is 33.4 Å². The number of carbonyl (C=O) groups is 2. The lowest BCUT2D eigenvalue weighted by Gasteiger charge is -2.40. The third-order valence-electron chi connectivity index (χ3n) is 19.3. The molecule has 0 heterocycles. The number of nitrogens with zero attached hydrogens (tertiary/aromatic N) is 3. The van der Waals surface area contributed by atoms with Crippen LogP contribution in [0.5, 0.6) is 0 Å². The van der Waals surface area contributed by atoms with E-state index in [1.165, 1.54) is 179 Å². The van der Waals surface area contributed by atoms with Gasteiger partial charge < -0.3 is 14.5 Å². The van der Waals surface area contributed by atoms with E-state index in [1.807, 2.05) is 20.8 Å². The summed E-state index contributed by atoms with van der Waals surface area (Å²) in [6, 6.07) is 21.9. The summed E-state index contributed by atoms with van der Waals surface area (Å²) < 4.78 is 0. The Balaban J connectivity index is 1.79. The van der Waals surface area contributed by atoms with Crippen molar-refractivity contribution >= 4 is 29.1 Å². The van der Waals surface area contributed by atoms with Gasteiger partial charge in [0.05, 0.1) is 17.1 Å². The number of benzene rings is 4. The summed E-state index contributed by atoms with van der Waals surface area (Å²) in [5, 5.41) is 13.7. The first-order valence-corrected chi connectivity index (χ1v) is 33.7. The maximum absolute atomic E-state index is 12.4. The van der Waals surface area contributed by atoms with Crippen molar-refractivity contribution in [2.45, 2.75) is 292 Å². The van der Waals surface area contributed by atoms with Crippen molar-refractivity contribution in [3.63, 3.8) is 0 Å². The first kappa shape index (κ1) is 65.9. The Morgan fingerprint density at radius 3 is 0.810 bits per heavy atom. The smallest absolute Gasteiger partial charge is 0.331 e. The van der Waals surface area contributed by atoms with E-state index in [9.17, 15) is 9.59 Å². The van der Waals surface area contributed by atoms with Gasteiger partial charge in [-0.3, -0.25) is 0 Å². The molecule has 0 fully saturated rings. The Hall–Kier alpha value is -5.63. The van der Waals surface area contributed by atoms with Crippen LogP contribution in [0.3, 0.4) is 0 Å². The largest absolute Gasteiger partial charge is 0.362 e. The molecule has 456 valence electrons. The van der Waals surface area contributed by atoms with E-state index >= 15 is 0 Å². The molecule has 0 aliphatic heterocycles. The number of hydrogen-bond donors (Lipinski definition) is 0. The van der Waals surface area contributed by atoms with Gasteiger partial charge in [0, 0.05) is 30.1 Å². The molecule has 8 nitrogen and oxygen atoms in total. The summed E-state index contributed by atoms with van der Waals surface area (Å²) in [4.78, 5) is 41.5. The molecular weight excluding hydrogens is 1030 g/mol. The lowest BCUT2D eigenvalue weighted by molar-refractivity contribution is -0.141. The van der Waals surface area contributed by atoms with E-state index in [-0.39, 0.29) is 16.2 Å². The third kappa shape index (κ3) is 14.3. The number of hydrogen-bond acceptors (Lipinski definition) is 8. The van der Waals surface area contributed by atoms with Crippen LogP contribution in [0.4, 0.5) is 0 Å². The quantitative estimate of drug-likeness (QED) is 0.0147. The maximum atomic E-state index is 12.4. The minimum Gasteiger partial charge on any atom is -0.362 e. The molecule has 0 N–H and O–H groups in total. The van der Waals surface area contributed by atoms with Gasteiger partial charge in [-0.25, -0.2) is 9.59 Å². The molecule has 0 bridgehead atoms. The van der Waals surface area contributed by atoms with E-state index < -0.39 is 11.9 Å². The van der Waals surface area contributed by atoms with E-state index in [1.54, 1.807) is 16.7 Å². The Morgan fingerprint density at radius 2 is 0.595 bits per heavy atom. The molecule has 0 radical (unpaired) electrons. The van der Waals surface area contributed by atoms with Gasteiger partial charge in [-0.1, -0.05) is 254 Å². The topological polar surface area (TPSA) is 98.9 Å². The summed E-state index contributed by atoms with van der Waals surface area (Å²) in [6.45, 7) is 28.9. The molecule has 0 unspecified atom stereocenters. The van der Waals surface area contributed by atoms with Crippen LogP contribution in [-0.2, 0) is 40.3 Å². The molecule has 0 amide bonds. The molecule has 4 aromatic rings. The van der Waals surface area contributed by atoms with Gasteiger partial charge in [-0.15, -0.1) is 0 Å². The van der Waals surface area contributed by atoms with Crippen molar-refractivity contribution in [2.24, 2.45) is 15.5 Å². The van der Waals surface area contributed by atoms with Crippen molar-refractivity contribution in [3.05, 3.63) is 117 Å². The molecule has 0 spiro atoms. The Kier molecular flexibility index (Phi) is 24.4. The van der Waals surface area contributed by atoms with E-state index in [0.717, 1.165) is 99.5 Å². The van der Waals surface area contributed by atoms with E-state index in [0.29, 0.717) is 17.2 Å². The molecule has 3 aliphatic carbocycles. The van der Waals surface area contributed by atoms with Gasteiger partial charge in [0.1, 0.15) is 5.76 Å². The average Bonchev–Trinajstić information content (AvgIpc) is 1.53. The van der Waals surface area contributed by atoms with Gasteiger partial charge in [0.15, 0.2) is 0 Å². The number of oxime groups is 3. The fourth-order valence-corrected chi connectivity index (χ4v) is 15.2. The molecular formula is C76H107N3O5. The predicted molar refractivity (Wildman–Crippen MR) is 354 cm³/mol. The van der Waals surface area contributed by atoms with Crippen LogP contribution in [0.2, 0.25) is 0 Å². The molecule has 0 atom stereocenters. The van der Waals surface area contributed by atoms with Gasteiger partial charge in [-0.05, 0) is 168 Å². The van der Waals surface area contributed by atoms with Crippen LogP contribution in [0.1, 0.15) is 326 Å². The highest BCUT2D eigenvalue weighted by molar-refractivity contribution is 6.08. The fraction of sp³-hybridized carbons (Fsp3) is 0.592. The Morgan fingerprint density at radius 1 is 0.357 bits per heavy atom. The fourth-order valence-electron chi connectivity index (χ4n) is 15.2. The number of fused-ring (bicyclic) bond motifs is 12. The lowest BCUT2D eigenvalue weighted by atomic mass is 9.63. The number of unbranched alkanes of at least 4 members (excludes halogenated alkanes) is 18. The van der Waals surface area contributed by atoms with E-state index in [4.69, 9.17) is 19.7 Å². The third-order valence-corrected chi connectivity index (χ3v) is 19.3. The number of carbonyl (C=O) groups excluding carboxylic acids is 2. The van der Waals surface area contributed by atoms with Crippen molar-refractivity contribution in [1.82, 2.24) is 0 Å². The van der Waals surface area contributed by atoms with E-state index in [2.05, 4.69) is 120 Å². The number of allylic oxidation sites excluding steroid dienone is 1. The normalized spacial score (nSPS) is 15.1. The highest BCUT2D eigenvalue weighted by atomic mass is 16.7. The predicted octanol–water partition coefficient (Wildman–Crippen LogP) is 22.2. The minimum absolute atomic E-state index is 0.302. The highest BCUT2D eigenvalue weighted by Gasteiger charge is 2.58. The van der Waals surface area contributed by atoms with Gasteiger partial charge in [-0.2, -0.15) is 0 Å². The van der Waals surface area contributed by atoms with Gasteiger partial charge in [0.25, 0.3) is 0 Å². The Labute approximate surface area is 508 Å². The zero-order valence-electron chi connectivity index (χ0n) is 54.5. The summed E-state index contributed by atoms with van der Waals surface area (Å²) in [5.41, 5.74) is 22.0. The van der Waals surface area contributed by atoms with Crippen molar-refractivity contribution in [3.8, 4) is 33.4 Å². The zero-order chi connectivity index (χ0) is 60.4. The maximum Gasteiger partial charge on any atom is 0.331 e. The van der Waals surface area contributed by atoms with Crippen LogP contribution >= 0.6 is 0 Å². The first-order valence-electron chi connectivity index (χ1n) is 33.7. The van der Waals surface area contributed by atoms with Crippen LogP contribution in [-0.4, -0.2) is 29.1 Å². The van der Waals surface area contributed by atoms with Crippen molar-refractivity contribution in [2.75, 3.05) is 0 Å². The highest BCUT2D eigenvalue weighted by Crippen LogP contribution is 2.71. The minimum atomic E-state index is -0.417. The molecule has 8 heteroatoms. The SMILES string of the molecule is C=C(C)O/N=C(\C)c1ccc2c(c1)C(CCCCCC)(CCCCCC)c1c-2c2c(c3c1-c1ccc(/C(C)=N/OC(C)=O)cc1C3(CCCCCC)CCCCCC)-c1ccc(/C(C)=N/OC(C)=O)cc1C2(CCCCCC)CCCCCC. The summed E-state index contributed by atoms with van der Waals surface area (Å²) in [6.07, 6.45) is 34.5. The molecule has 0 aromatic heterocycles. The van der Waals surface area contributed by atoms with Gasteiger partial charge in [0.2, 0.25) is 0 Å². The second-order valence-corrected chi connectivity index (χ2v) is 25.6. The second kappa shape index (κ2) is 31.1. The molecule has 7 rings (SSSR count). The standard InChI is InChI=1S/C76H107N3O5/c1-14-20-26-32-44-74(45-33-27-21-15-2)65-50-59(54(9)77-82-53(7)8)38-41-62(65)68-71(74)69-63-42-39-60(55(10)78-83-57(12)80)51-66(63)76(48-36-30-24-18-5,49-37-31-25-19-6)73(69)70-64-43-40-61(56(11)79-84-58(13)81)52-67(64)75(72(68)70,46-34-28-22-16-3)47-35-29-23-17-4/h38-43,50-52H,7,14-37,44-49H2,1-6,8-13H3/b77-54+,78-55+,79-56+. The molecule has 84 heavy (non-hydrogen) atoms. The van der Waals surface area contributed by atoms with Crippen molar-refractivity contribution < 1.29 is 24.1 Å². The second-order valence-electron chi connectivity index (χ2n) is 25.6. The average molecular weight is 1140 g/mol. The van der Waals surface area contributed by atoms with Crippen LogP contribution in [0, 0.1) is 0 Å². The van der Waals surface area contributed by atoms with Crippen LogP contribution < -0.4 is 0 Å². The first-order chi connectivity index (χ1) is 40.6.